The summed E-state index contributed by atoms with van der Waals surface area (Å²) in [5.41, 5.74) is -0.788. The summed E-state index contributed by atoms with van der Waals surface area (Å²) in [5, 5.41) is 8.85. The van der Waals surface area contributed by atoms with Crippen LogP contribution in [0.15, 0.2) is 0 Å². The summed E-state index contributed by atoms with van der Waals surface area (Å²) in [6, 6.07) is 0. The minimum Gasteiger partial charge on any atom is -0.479 e. The molecule has 0 aliphatic carbocycles. The van der Waals surface area contributed by atoms with E-state index in [1.54, 1.807) is 0 Å². The van der Waals surface area contributed by atoms with Crippen LogP contribution in [-0.4, -0.2) is 23.3 Å². The lowest BCUT2D eigenvalue weighted by Gasteiger charge is -2.05. The van der Waals surface area contributed by atoms with Crippen LogP contribution in [0.1, 0.15) is 58.3 Å². The van der Waals surface area contributed by atoms with Crippen molar-refractivity contribution in [2.45, 2.75) is 63.9 Å². The molecule has 3 nitrogen and oxygen atoms in total. The van der Waals surface area contributed by atoms with Gasteiger partial charge in [-0.15, -0.1) is 0 Å². The molecule has 0 saturated carbocycles. The lowest BCUT2D eigenvalue weighted by Crippen LogP contribution is -2.23. The topological polar surface area (TPSA) is 49.8 Å². The molecule has 0 aromatic heterocycles. The molecule has 3 heteroatoms. The monoisotopic (exact) mass is 214 g/mol. The number of unbranched alkanes of at least 4 members (excludes halogenated alkanes) is 6. The van der Waals surface area contributed by atoms with Crippen LogP contribution in [0.3, 0.4) is 0 Å². The maximum absolute atomic E-state index is 10.8. The third-order valence-electron chi connectivity index (χ3n) is 3.07. The van der Waals surface area contributed by atoms with Crippen molar-refractivity contribution in [3.05, 3.63) is 0 Å². The number of rotatable bonds is 9. The van der Waals surface area contributed by atoms with Crippen LogP contribution in [0, 0.1) is 0 Å². The first kappa shape index (κ1) is 12.5. The van der Waals surface area contributed by atoms with Gasteiger partial charge in [0.05, 0.1) is 6.61 Å². The largest absolute Gasteiger partial charge is 0.479 e. The fraction of sp³-hybridized carbons (Fsp3) is 0.917. The molecule has 1 rings (SSSR count). The minimum atomic E-state index is -0.788. The average molecular weight is 214 g/mol. The van der Waals surface area contributed by atoms with E-state index in [4.69, 9.17) is 9.84 Å². The highest BCUT2D eigenvalue weighted by Gasteiger charge is 2.51. The first-order chi connectivity index (χ1) is 7.21. The summed E-state index contributed by atoms with van der Waals surface area (Å²) in [7, 11) is 0. The van der Waals surface area contributed by atoms with Crippen LogP contribution in [0.2, 0.25) is 0 Å². The standard InChI is InChI=1S/C12H22O3/c1-2-3-4-5-6-7-8-9-12(10-15-12)11(13)14/h2-10H2,1H3,(H,13,14)/t12-/m0/s1. The van der Waals surface area contributed by atoms with Gasteiger partial charge in [0.15, 0.2) is 5.60 Å². The number of ether oxygens (including phenoxy) is 1. The van der Waals surface area contributed by atoms with Gasteiger partial charge in [0.1, 0.15) is 0 Å². The zero-order chi connectivity index (χ0) is 11.1. The first-order valence-corrected chi connectivity index (χ1v) is 6.08. The van der Waals surface area contributed by atoms with E-state index in [2.05, 4.69) is 6.92 Å². The van der Waals surface area contributed by atoms with Crippen molar-refractivity contribution in [2.24, 2.45) is 0 Å². The molecule has 1 atom stereocenters. The lowest BCUT2D eigenvalue weighted by molar-refractivity contribution is -0.143. The molecular formula is C12H22O3. The van der Waals surface area contributed by atoms with Crippen LogP contribution in [0.5, 0.6) is 0 Å². The van der Waals surface area contributed by atoms with E-state index < -0.39 is 11.6 Å². The number of carbonyl (C=O) groups is 1. The highest BCUT2D eigenvalue weighted by atomic mass is 16.6. The second-order valence-corrected chi connectivity index (χ2v) is 4.46. The van der Waals surface area contributed by atoms with Gasteiger partial charge in [0, 0.05) is 0 Å². The number of hydrogen-bond donors (Lipinski definition) is 1. The van der Waals surface area contributed by atoms with E-state index in [9.17, 15) is 4.79 Å². The predicted molar refractivity (Wildman–Crippen MR) is 58.9 cm³/mol. The van der Waals surface area contributed by atoms with E-state index in [1.165, 1.54) is 32.1 Å². The summed E-state index contributed by atoms with van der Waals surface area (Å²) >= 11 is 0. The van der Waals surface area contributed by atoms with E-state index >= 15 is 0 Å². The third-order valence-corrected chi connectivity index (χ3v) is 3.07. The fourth-order valence-corrected chi connectivity index (χ4v) is 1.83. The molecule has 0 spiro atoms. The summed E-state index contributed by atoms with van der Waals surface area (Å²) < 4.78 is 5.00. The Morgan fingerprint density at radius 2 is 1.73 bits per heavy atom. The Morgan fingerprint density at radius 1 is 1.20 bits per heavy atom. The number of hydrogen-bond acceptors (Lipinski definition) is 2. The average Bonchev–Trinajstić information content (AvgIpc) is 2.98. The summed E-state index contributed by atoms with van der Waals surface area (Å²) in [4.78, 5) is 10.8. The van der Waals surface area contributed by atoms with Crippen LogP contribution in [0.4, 0.5) is 0 Å². The van der Waals surface area contributed by atoms with Gasteiger partial charge in [-0.05, 0) is 12.8 Å². The van der Waals surface area contributed by atoms with Crippen LogP contribution in [-0.2, 0) is 9.53 Å². The number of carboxylic acid groups (broad SMARTS) is 1. The Bertz CT molecular complexity index is 197. The summed E-state index contributed by atoms with van der Waals surface area (Å²) in [6.07, 6.45) is 9.25. The zero-order valence-electron chi connectivity index (χ0n) is 9.63. The maximum atomic E-state index is 10.8. The molecule has 1 aliphatic heterocycles. The van der Waals surface area contributed by atoms with Crippen molar-refractivity contribution in [1.29, 1.82) is 0 Å². The van der Waals surface area contributed by atoms with Crippen molar-refractivity contribution >= 4 is 5.97 Å². The molecule has 15 heavy (non-hydrogen) atoms. The Hall–Kier alpha value is -0.570. The lowest BCUT2D eigenvalue weighted by atomic mass is 10.0. The van der Waals surface area contributed by atoms with Gasteiger partial charge >= 0.3 is 5.97 Å². The predicted octanol–water partition coefficient (Wildman–Crippen LogP) is 2.98. The smallest absolute Gasteiger partial charge is 0.338 e. The molecule has 0 bridgehead atoms. The summed E-state index contributed by atoms with van der Waals surface area (Å²) in [6.45, 7) is 2.62. The molecule has 0 aromatic carbocycles. The zero-order valence-corrected chi connectivity index (χ0v) is 9.63. The van der Waals surface area contributed by atoms with Crippen molar-refractivity contribution < 1.29 is 14.6 Å². The molecule has 1 aliphatic rings. The molecule has 88 valence electrons. The van der Waals surface area contributed by atoms with Crippen LogP contribution < -0.4 is 0 Å². The normalized spacial score (nSPS) is 24.1. The van der Waals surface area contributed by atoms with Crippen molar-refractivity contribution in [3.63, 3.8) is 0 Å². The van der Waals surface area contributed by atoms with Crippen LogP contribution in [0.25, 0.3) is 0 Å². The number of epoxide rings is 1. The van der Waals surface area contributed by atoms with Gasteiger partial charge < -0.3 is 9.84 Å². The highest BCUT2D eigenvalue weighted by molar-refractivity contribution is 5.80. The Labute approximate surface area is 91.8 Å². The molecule has 0 aromatic rings. The fourth-order valence-electron chi connectivity index (χ4n) is 1.83. The van der Waals surface area contributed by atoms with Gasteiger partial charge in [-0.1, -0.05) is 45.4 Å². The van der Waals surface area contributed by atoms with E-state index in [1.807, 2.05) is 0 Å². The number of aliphatic carboxylic acids is 1. The molecule has 0 unspecified atom stereocenters. The van der Waals surface area contributed by atoms with Crippen LogP contribution >= 0.6 is 0 Å². The second-order valence-electron chi connectivity index (χ2n) is 4.46. The first-order valence-electron chi connectivity index (χ1n) is 6.08. The van der Waals surface area contributed by atoms with Gasteiger partial charge in [-0.25, -0.2) is 4.79 Å². The molecule has 1 fully saturated rings. The minimum absolute atomic E-state index is 0.415. The van der Waals surface area contributed by atoms with Crippen molar-refractivity contribution in [3.8, 4) is 0 Å². The Balaban J connectivity index is 1.91. The molecule has 0 amide bonds. The van der Waals surface area contributed by atoms with Gasteiger partial charge in [0.2, 0.25) is 0 Å². The van der Waals surface area contributed by atoms with Crippen molar-refractivity contribution in [1.82, 2.24) is 0 Å². The van der Waals surface area contributed by atoms with Gasteiger partial charge in [0.25, 0.3) is 0 Å². The summed E-state index contributed by atoms with van der Waals surface area (Å²) in [5.74, 6) is -0.784. The molecule has 1 N–H and O–H groups in total. The van der Waals surface area contributed by atoms with E-state index in [0.717, 1.165) is 12.8 Å². The van der Waals surface area contributed by atoms with E-state index in [-0.39, 0.29) is 0 Å². The quantitative estimate of drug-likeness (QED) is 0.474. The Kier molecular flexibility index (Phi) is 5.09. The highest BCUT2D eigenvalue weighted by Crippen LogP contribution is 2.33. The van der Waals surface area contributed by atoms with E-state index in [0.29, 0.717) is 13.0 Å². The molecule has 1 heterocycles. The number of carboxylic acids is 1. The maximum Gasteiger partial charge on any atom is 0.338 e. The van der Waals surface area contributed by atoms with Gasteiger partial charge in [-0.2, -0.15) is 0 Å². The Morgan fingerprint density at radius 3 is 2.20 bits per heavy atom. The van der Waals surface area contributed by atoms with Gasteiger partial charge in [-0.3, -0.25) is 0 Å². The second kappa shape index (κ2) is 6.11. The molecular weight excluding hydrogens is 192 g/mol. The molecule has 1 saturated heterocycles. The van der Waals surface area contributed by atoms with Crippen molar-refractivity contribution in [2.75, 3.05) is 6.61 Å². The SMILES string of the molecule is CCCCCCCCC[C@@]1(C(=O)O)CO1. The third kappa shape index (κ3) is 4.20. The molecule has 0 radical (unpaired) electrons.